The smallest absolute Gasteiger partial charge is 0.288 e. The molecule has 2 heterocycles. The Morgan fingerprint density at radius 2 is 2.08 bits per heavy atom. The Bertz CT molecular complexity index is 884. The number of anilines is 1. The van der Waals surface area contributed by atoms with E-state index in [1.165, 1.54) is 17.8 Å². The van der Waals surface area contributed by atoms with Crippen LogP contribution < -0.4 is 5.32 Å². The summed E-state index contributed by atoms with van der Waals surface area (Å²) in [4.78, 5) is 12.5. The van der Waals surface area contributed by atoms with E-state index in [0.29, 0.717) is 39.1 Å². The maximum atomic E-state index is 12.6. The molecule has 0 aliphatic carbocycles. The highest BCUT2D eigenvalue weighted by molar-refractivity contribution is 8.00. The quantitative estimate of drug-likeness (QED) is 0.606. The predicted octanol–water partition coefficient (Wildman–Crippen LogP) is 4.12. The van der Waals surface area contributed by atoms with Gasteiger partial charge in [0.1, 0.15) is 0 Å². The van der Waals surface area contributed by atoms with Crippen molar-refractivity contribution in [1.82, 2.24) is 14.8 Å². The van der Waals surface area contributed by atoms with Crippen LogP contribution in [0.1, 0.15) is 0 Å². The fourth-order valence-corrected chi connectivity index (χ4v) is 3.45. The highest BCUT2D eigenvalue weighted by atomic mass is 32.2. The summed E-state index contributed by atoms with van der Waals surface area (Å²) in [5.74, 6) is -1.68. The van der Waals surface area contributed by atoms with Crippen LogP contribution in [0.5, 0.6) is 0 Å². The van der Waals surface area contributed by atoms with E-state index >= 15 is 0 Å². The van der Waals surface area contributed by atoms with Gasteiger partial charge in [-0.2, -0.15) is 8.78 Å². The molecule has 0 saturated heterocycles. The summed E-state index contributed by atoms with van der Waals surface area (Å²) in [6.45, 7) is 0. The fraction of sp³-hybridized carbons (Fsp3) is 0.188. The van der Waals surface area contributed by atoms with Crippen LogP contribution >= 0.6 is 23.5 Å². The van der Waals surface area contributed by atoms with Gasteiger partial charge in [-0.05, 0) is 24.3 Å². The van der Waals surface area contributed by atoms with Gasteiger partial charge in [0.25, 0.3) is 5.76 Å². The van der Waals surface area contributed by atoms with E-state index in [9.17, 15) is 13.6 Å². The molecule has 26 heavy (non-hydrogen) atoms. The molecule has 3 aromatic rings. The van der Waals surface area contributed by atoms with Crippen molar-refractivity contribution < 1.29 is 18.0 Å². The molecule has 0 unspecified atom stereocenters. The van der Waals surface area contributed by atoms with Crippen LogP contribution in [0.15, 0.2) is 57.1 Å². The molecule has 6 nitrogen and oxygen atoms in total. The lowest BCUT2D eigenvalue weighted by Crippen LogP contribution is -2.15. The molecule has 0 aliphatic rings. The van der Waals surface area contributed by atoms with Crippen molar-refractivity contribution in [2.75, 3.05) is 11.1 Å². The molecule has 1 N–H and O–H groups in total. The van der Waals surface area contributed by atoms with Crippen molar-refractivity contribution in [1.29, 1.82) is 0 Å². The van der Waals surface area contributed by atoms with Crippen LogP contribution in [0.2, 0.25) is 0 Å². The molecule has 0 fully saturated rings. The van der Waals surface area contributed by atoms with Gasteiger partial charge in [-0.15, -0.1) is 10.2 Å². The second kappa shape index (κ2) is 8.37. The lowest BCUT2D eigenvalue weighted by molar-refractivity contribution is -0.113. The summed E-state index contributed by atoms with van der Waals surface area (Å²) in [7, 11) is 1.77. The first-order valence-corrected chi connectivity index (χ1v) is 9.31. The van der Waals surface area contributed by atoms with Gasteiger partial charge < -0.3 is 14.3 Å². The van der Waals surface area contributed by atoms with E-state index in [2.05, 4.69) is 15.5 Å². The largest absolute Gasteiger partial charge is 0.461 e. The number of hydrogen-bond acceptors (Lipinski definition) is 6. The van der Waals surface area contributed by atoms with Gasteiger partial charge in [-0.25, -0.2) is 0 Å². The average Bonchev–Trinajstić information content (AvgIpc) is 3.24. The topological polar surface area (TPSA) is 73.0 Å². The minimum absolute atomic E-state index is 0.0673. The summed E-state index contributed by atoms with van der Waals surface area (Å²) in [5.41, 5.74) is 0.359. The SMILES string of the molecule is Cn1c(SCC(=O)Nc2ccccc2SC(F)F)nnc1-c1ccco1. The third-order valence-corrected chi connectivity index (χ3v) is 5.09. The fourth-order valence-electron chi connectivity index (χ4n) is 2.15. The Balaban J connectivity index is 1.62. The van der Waals surface area contributed by atoms with Gasteiger partial charge in [0.2, 0.25) is 5.91 Å². The monoisotopic (exact) mass is 396 g/mol. The molecule has 0 spiro atoms. The third kappa shape index (κ3) is 4.44. The second-order valence-corrected chi connectivity index (χ2v) is 7.03. The van der Waals surface area contributed by atoms with Crippen LogP contribution in [0.3, 0.4) is 0 Å². The van der Waals surface area contributed by atoms with Crippen molar-refractivity contribution >= 4 is 35.1 Å². The predicted molar refractivity (Wildman–Crippen MR) is 96.4 cm³/mol. The molecular weight excluding hydrogens is 382 g/mol. The number of hydrogen-bond donors (Lipinski definition) is 1. The number of amides is 1. The zero-order chi connectivity index (χ0) is 18.5. The van der Waals surface area contributed by atoms with E-state index in [1.807, 2.05) is 0 Å². The number of carbonyl (C=O) groups is 1. The summed E-state index contributed by atoms with van der Waals surface area (Å²) < 4.78 is 32.2. The number of alkyl halides is 2. The molecule has 1 amide bonds. The van der Waals surface area contributed by atoms with E-state index in [-0.39, 0.29) is 11.7 Å². The van der Waals surface area contributed by atoms with Crippen molar-refractivity contribution in [3.63, 3.8) is 0 Å². The van der Waals surface area contributed by atoms with Crippen molar-refractivity contribution in [3.8, 4) is 11.6 Å². The second-order valence-electron chi connectivity index (χ2n) is 5.05. The maximum absolute atomic E-state index is 12.6. The lowest BCUT2D eigenvalue weighted by atomic mass is 10.3. The van der Waals surface area contributed by atoms with Crippen LogP contribution in [-0.2, 0) is 11.8 Å². The molecular formula is C16H14F2N4O2S2. The standard InChI is InChI=1S/C16H14F2N4O2S2/c1-22-14(11-6-4-8-24-11)20-21-16(22)25-9-13(23)19-10-5-2-3-7-12(10)26-15(17)18/h2-8,15H,9H2,1H3,(H,19,23). The number of thioether (sulfide) groups is 2. The Labute approximate surface area is 156 Å². The molecule has 2 aromatic heterocycles. The normalized spacial score (nSPS) is 11.1. The number of benzene rings is 1. The minimum atomic E-state index is -2.55. The molecule has 0 atom stereocenters. The number of aromatic nitrogens is 3. The first-order valence-electron chi connectivity index (χ1n) is 7.44. The van der Waals surface area contributed by atoms with E-state index < -0.39 is 5.76 Å². The summed E-state index contributed by atoms with van der Waals surface area (Å²) in [5, 5.41) is 11.3. The van der Waals surface area contributed by atoms with Crippen molar-refractivity contribution in [3.05, 3.63) is 42.7 Å². The third-order valence-electron chi connectivity index (χ3n) is 3.29. The molecule has 0 saturated carbocycles. The number of halogens is 2. The zero-order valence-corrected chi connectivity index (χ0v) is 15.2. The van der Waals surface area contributed by atoms with Crippen LogP contribution in [0.4, 0.5) is 14.5 Å². The average molecular weight is 396 g/mol. The Morgan fingerprint density at radius 3 is 2.81 bits per heavy atom. The number of rotatable bonds is 7. The number of para-hydroxylation sites is 1. The molecule has 1 aromatic carbocycles. The van der Waals surface area contributed by atoms with Crippen LogP contribution in [0.25, 0.3) is 11.6 Å². The van der Waals surface area contributed by atoms with Crippen LogP contribution in [0, 0.1) is 0 Å². The minimum Gasteiger partial charge on any atom is -0.461 e. The van der Waals surface area contributed by atoms with Gasteiger partial charge in [-0.3, -0.25) is 4.79 Å². The van der Waals surface area contributed by atoms with Gasteiger partial charge in [-0.1, -0.05) is 35.7 Å². The highest BCUT2D eigenvalue weighted by Crippen LogP contribution is 2.32. The van der Waals surface area contributed by atoms with Gasteiger partial charge >= 0.3 is 0 Å². The Kier molecular flexibility index (Phi) is 5.94. The maximum Gasteiger partial charge on any atom is 0.288 e. The Hall–Kier alpha value is -2.33. The van der Waals surface area contributed by atoms with E-state index in [1.54, 1.807) is 48.2 Å². The molecule has 0 bridgehead atoms. The number of nitrogens with zero attached hydrogens (tertiary/aromatic N) is 3. The first kappa shape index (κ1) is 18.5. The van der Waals surface area contributed by atoms with Crippen LogP contribution in [-0.4, -0.2) is 32.2 Å². The number of carbonyl (C=O) groups excluding carboxylic acids is 1. The highest BCUT2D eigenvalue weighted by Gasteiger charge is 2.16. The zero-order valence-electron chi connectivity index (χ0n) is 13.6. The number of nitrogens with one attached hydrogen (secondary N) is 1. The first-order chi connectivity index (χ1) is 12.5. The molecule has 136 valence electrons. The molecule has 0 aliphatic heterocycles. The summed E-state index contributed by atoms with van der Waals surface area (Å²) in [6.07, 6.45) is 1.54. The lowest BCUT2D eigenvalue weighted by Gasteiger charge is -2.10. The summed E-state index contributed by atoms with van der Waals surface area (Å²) >= 11 is 1.59. The summed E-state index contributed by atoms with van der Waals surface area (Å²) in [6, 6.07) is 9.96. The number of furan rings is 1. The Morgan fingerprint density at radius 1 is 1.27 bits per heavy atom. The van der Waals surface area contributed by atoms with Crippen molar-refractivity contribution in [2.45, 2.75) is 15.8 Å². The van der Waals surface area contributed by atoms with E-state index in [0.717, 1.165) is 0 Å². The van der Waals surface area contributed by atoms with Gasteiger partial charge in [0.15, 0.2) is 16.7 Å². The molecule has 10 heteroatoms. The molecule has 3 rings (SSSR count). The van der Waals surface area contributed by atoms with Gasteiger partial charge in [0.05, 0.1) is 17.7 Å². The molecule has 0 radical (unpaired) electrons. The van der Waals surface area contributed by atoms with Gasteiger partial charge in [0, 0.05) is 11.9 Å². The van der Waals surface area contributed by atoms with Crippen molar-refractivity contribution in [2.24, 2.45) is 7.05 Å². The van der Waals surface area contributed by atoms with E-state index in [4.69, 9.17) is 4.42 Å².